The number of rotatable bonds is 3. The zero-order valence-corrected chi connectivity index (χ0v) is 10.2. The van der Waals surface area contributed by atoms with Crippen LogP contribution in [0, 0.1) is 0 Å². The van der Waals surface area contributed by atoms with Gasteiger partial charge in [0, 0.05) is 18.8 Å². The van der Waals surface area contributed by atoms with Crippen LogP contribution in [-0.4, -0.2) is 34.5 Å². The van der Waals surface area contributed by atoms with E-state index in [0.717, 1.165) is 24.6 Å². The molecular formula is C11H18N4S. The Labute approximate surface area is 101 Å². The molecule has 1 aliphatic heterocycles. The van der Waals surface area contributed by atoms with E-state index in [1.165, 1.54) is 24.5 Å². The highest BCUT2D eigenvalue weighted by molar-refractivity contribution is 7.99. The first-order chi connectivity index (χ1) is 7.88. The summed E-state index contributed by atoms with van der Waals surface area (Å²) in [5.74, 6) is 8.60. The lowest BCUT2D eigenvalue weighted by atomic mass is 10.3. The molecule has 5 heteroatoms. The Morgan fingerprint density at radius 1 is 1.38 bits per heavy atom. The number of hydrogen-bond acceptors (Lipinski definition) is 5. The predicted octanol–water partition coefficient (Wildman–Crippen LogP) is 1.31. The summed E-state index contributed by atoms with van der Waals surface area (Å²) in [4.78, 5) is 6.89. The van der Waals surface area contributed by atoms with Crippen LogP contribution in [-0.2, 0) is 6.54 Å². The second kappa shape index (κ2) is 6.08. The van der Waals surface area contributed by atoms with Crippen LogP contribution in [0.4, 0.5) is 5.82 Å². The number of nitrogens with zero attached hydrogens (tertiary/aromatic N) is 2. The van der Waals surface area contributed by atoms with Crippen LogP contribution < -0.4 is 11.3 Å². The van der Waals surface area contributed by atoms with Gasteiger partial charge in [-0.1, -0.05) is 6.07 Å². The van der Waals surface area contributed by atoms with Crippen LogP contribution in [0.3, 0.4) is 0 Å². The maximum atomic E-state index is 5.35. The van der Waals surface area contributed by atoms with Crippen molar-refractivity contribution in [3.8, 4) is 0 Å². The highest BCUT2D eigenvalue weighted by Crippen LogP contribution is 2.13. The molecule has 1 saturated heterocycles. The molecule has 0 spiro atoms. The van der Waals surface area contributed by atoms with Crippen molar-refractivity contribution in [2.75, 3.05) is 30.0 Å². The van der Waals surface area contributed by atoms with Crippen molar-refractivity contribution in [1.82, 2.24) is 9.88 Å². The summed E-state index contributed by atoms with van der Waals surface area (Å²) in [7, 11) is 0. The Bertz CT molecular complexity index is 324. The lowest BCUT2D eigenvalue weighted by molar-refractivity contribution is 0.284. The highest BCUT2D eigenvalue weighted by Gasteiger charge is 2.10. The van der Waals surface area contributed by atoms with Crippen molar-refractivity contribution >= 4 is 17.6 Å². The fourth-order valence-corrected chi connectivity index (χ4v) is 2.76. The van der Waals surface area contributed by atoms with Crippen molar-refractivity contribution in [3.05, 3.63) is 23.9 Å². The highest BCUT2D eigenvalue weighted by atomic mass is 32.2. The minimum atomic E-state index is 0.738. The number of nitrogen functional groups attached to an aromatic ring is 1. The number of hydrogen-bond donors (Lipinski definition) is 2. The molecule has 0 unspecified atom stereocenters. The number of nitrogens with two attached hydrogens (primary N) is 1. The maximum Gasteiger partial charge on any atom is 0.140 e. The molecule has 0 radical (unpaired) electrons. The van der Waals surface area contributed by atoms with Crippen molar-refractivity contribution < 1.29 is 0 Å². The summed E-state index contributed by atoms with van der Waals surface area (Å²) >= 11 is 2.04. The van der Waals surface area contributed by atoms with E-state index < -0.39 is 0 Å². The molecule has 0 amide bonds. The number of anilines is 1. The average Bonchev–Trinajstić information content (AvgIpc) is 2.58. The molecule has 2 heterocycles. The molecule has 16 heavy (non-hydrogen) atoms. The molecule has 0 aliphatic carbocycles. The minimum Gasteiger partial charge on any atom is -0.308 e. The van der Waals surface area contributed by atoms with Gasteiger partial charge in [0.2, 0.25) is 0 Å². The molecule has 2 rings (SSSR count). The topological polar surface area (TPSA) is 54.2 Å². The first-order valence-electron chi connectivity index (χ1n) is 5.61. The molecule has 1 aliphatic rings. The van der Waals surface area contributed by atoms with Gasteiger partial charge in [-0.05, 0) is 30.9 Å². The summed E-state index contributed by atoms with van der Waals surface area (Å²) in [6, 6.07) is 5.92. The summed E-state index contributed by atoms with van der Waals surface area (Å²) in [5.41, 5.74) is 3.67. The van der Waals surface area contributed by atoms with E-state index in [4.69, 9.17) is 5.84 Å². The molecule has 0 aromatic carbocycles. The standard InChI is InChI=1S/C11H18N4S/c12-14-11-4-1-3-10(13-11)9-15-5-2-7-16-8-6-15/h1,3-4H,2,5-9,12H2,(H,13,14). The van der Waals surface area contributed by atoms with Gasteiger partial charge in [0.25, 0.3) is 0 Å². The minimum absolute atomic E-state index is 0.738. The number of hydrazine groups is 1. The normalized spacial score (nSPS) is 18.1. The zero-order valence-electron chi connectivity index (χ0n) is 9.35. The molecule has 0 bridgehead atoms. The number of pyridine rings is 1. The molecule has 1 aromatic heterocycles. The number of aromatic nitrogens is 1. The molecule has 3 N–H and O–H groups in total. The third-order valence-electron chi connectivity index (χ3n) is 2.66. The molecule has 0 atom stereocenters. The summed E-state index contributed by atoms with van der Waals surface area (Å²) in [6.45, 7) is 3.26. The largest absolute Gasteiger partial charge is 0.308 e. The first-order valence-corrected chi connectivity index (χ1v) is 6.76. The fourth-order valence-electron chi connectivity index (χ4n) is 1.83. The molecule has 1 fully saturated rings. The second-order valence-electron chi connectivity index (χ2n) is 3.90. The summed E-state index contributed by atoms with van der Waals surface area (Å²) in [6.07, 6.45) is 1.28. The zero-order chi connectivity index (χ0) is 11.2. The monoisotopic (exact) mass is 238 g/mol. The predicted molar refractivity (Wildman–Crippen MR) is 69.3 cm³/mol. The van der Waals surface area contributed by atoms with Crippen LogP contribution in [0.5, 0.6) is 0 Å². The number of nitrogens with one attached hydrogen (secondary N) is 1. The van der Waals surface area contributed by atoms with Crippen LogP contribution in [0.15, 0.2) is 18.2 Å². The van der Waals surface area contributed by atoms with Gasteiger partial charge in [-0.25, -0.2) is 10.8 Å². The maximum absolute atomic E-state index is 5.35. The Morgan fingerprint density at radius 3 is 3.19 bits per heavy atom. The van der Waals surface area contributed by atoms with E-state index in [-0.39, 0.29) is 0 Å². The van der Waals surface area contributed by atoms with E-state index in [2.05, 4.69) is 21.4 Å². The quantitative estimate of drug-likeness (QED) is 0.614. The van der Waals surface area contributed by atoms with Crippen molar-refractivity contribution in [1.29, 1.82) is 0 Å². The molecular weight excluding hydrogens is 220 g/mol. The molecule has 4 nitrogen and oxygen atoms in total. The Kier molecular flexibility index (Phi) is 4.44. The SMILES string of the molecule is NNc1cccc(CN2CCCSCC2)n1. The van der Waals surface area contributed by atoms with Crippen molar-refractivity contribution in [3.63, 3.8) is 0 Å². The van der Waals surface area contributed by atoms with E-state index in [1.807, 2.05) is 23.9 Å². The third-order valence-corrected chi connectivity index (χ3v) is 3.70. The summed E-state index contributed by atoms with van der Waals surface area (Å²) in [5, 5.41) is 0. The van der Waals surface area contributed by atoms with E-state index in [9.17, 15) is 0 Å². The van der Waals surface area contributed by atoms with Crippen LogP contribution in [0.1, 0.15) is 12.1 Å². The van der Waals surface area contributed by atoms with E-state index in [0.29, 0.717) is 0 Å². The van der Waals surface area contributed by atoms with Crippen LogP contribution in [0.2, 0.25) is 0 Å². The fraction of sp³-hybridized carbons (Fsp3) is 0.545. The van der Waals surface area contributed by atoms with Crippen LogP contribution in [0.25, 0.3) is 0 Å². The second-order valence-corrected chi connectivity index (χ2v) is 5.13. The third kappa shape index (κ3) is 3.37. The Balaban J connectivity index is 1.96. The first kappa shape index (κ1) is 11.7. The van der Waals surface area contributed by atoms with Gasteiger partial charge >= 0.3 is 0 Å². The molecule has 88 valence electrons. The smallest absolute Gasteiger partial charge is 0.140 e. The van der Waals surface area contributed by atoms with Crippen molar-refractivity contribution in [2.45, 2.75) is 13.0 Å². The van der Waals surface area contributed by atoms with Gasteiger partial charge in [-0.15, -0.1) is 0 Å². The van der Waals surface area contributed by atoms with Gasteiger partial charge < -0.3 is 5.43 Å². The molecule has 1 aromatic rings. The van der Waals surface area contributed by atoms with E-state index >= 15 is 0 Å². The van der Waals surface area contributed by atoms with Crippen LogP contribution >= 0.6 is 11.8 Å². The number of thioether (sulfide) groups is 1. The van der Waals surface area contributed by atoms with Gasteiger partial charge in [0.15, 0.2) is 0 Å². The average molecular weight is 238 g/mol. The van der Waals surface area contributed by atoms with Gasteiger partial charge in [-0.2, -0.15) is 11.8 Å². The van der Waals surface area contributed by atoms with E-state index in [1.54, 1.807) is 0 Å². The molecule has 0 saturated carbocycles. The van der Waals surface area contributed by atoms with Gasteiger partial charge in [-0.3, -0.25) is 4.90 Å². The lowest BCUT2D eigenvalue weighted by Gasteiger charge is -2.18. The lowest BCUT2D eigenvalue weighted by Crippen LogP contribution is -2.26. The summed E-state index contributed by atoms with van der Waals surface area (Å²) < 4.78 is 0. The Morgan fingerprint density at radius 2 is 2.31 bits per heavy atom. The van der Waals surface area contributed by atoms with Gasteiger partial charge in [0.05, 0.1) is 5.69 Å². The van der Waals surface area contributed by atoms with Gasteiger partial charge in [0.1, 0.15) is 5.82 Å². The Hall–Kier alpha value is -0.780. The van der Waals surface area contributed by atoms with Crippen molar-refractivity contribution in [2.24, 2.45) is 5.84 Å².